The van der Waals surface area contributed by atoms with Crippen LogP contribution in [0.15, 0.2) is 17.9 Å². The standard InChI is InChI=1S/C21H27FO2/c1-4-12-9-14-15-5-6-18(24)21(15,3)11-17(22)19(14)20(2)8-7-13(23)10-16(12)20/h14-17,19H,1,5-11H2,2-3H3. The number of allylic oxidation sites excluding steroid dienone is 1. The first-order chi connectivity index (χ1) is 11.3. The lowest BCUT2D eigenvalue weighted by atomic mass is 9.44. The van der Waals surface area contributed by atoms with E-state index >= 15 is 4.39 Å². The van der Waals surface area contributed by atoms with Gasteiger partial charge in [0, 0.05) is 24.7 Å². The summed E-state index contributed by atoms with van der Waals surface area (Å²) in [4.78, 5) is 24.5. The van der Waals surface area contributed by atoms with Crippen molar-refractivity contribution in [2.24, 2.45) is 34.5 Å². The van der Waals surface area contributed by atoms with Gasteiger partial charge in [0.05, 0.1) is 0 Å². The number of carbonyl (C=O) groups excluding carboxylic acids is 2. The number of rotatable bonds is 0. The Morgan fingerprint density at radius 3 is 2.67 bits per heavy atom. The van der Waals surface area contributed by atoms with Crippen molar-refractivity contribution in [3.05, 3.63) is 17.9 Å². The first-order valence-corrected chi connectivity index (χ1v) is 9.39. The highest BCUT2D eigenvalue weighted by atomic mass is 19.1. The van der Waals surface area contributed by atoms with Crippen LogP contribution < -0.4 is 0 Å². The summed E-state index contributed by atoms with van der Waals surface area (Å²) in [7, 11) is 0. The second-order valence-electron chi connectivity index (χ2n) is 9.10. The summed E-state index contributed by atoms with van der Waals surface area (Å²) >= 11 is 0. The molecule has 0 N–H and O–H groups in total. The molecule has 4 rings (SSSR count). The van der Waals surface area contributed by atoms with Gasteiger partial charge in [0.25, 0.3) is 0 Å². The van der Waals surface area contributed by atoms with Gasteiger partial charge in [-0.3, -0.25) is 9.59 Å². The SMILES string of the molecule is C=C=C1CC2C3CCC(=O)C3(C)CC(F)C2C2(C)CCC(=O)CC12. The van der Waals surface area contributed by atoms with Gasteiger partial charge in [-0.1, -0.05) is 20.4 Å². The molecule has 0 aromatic rings. The zero-order valence-corrected chi connectivity index (χ0v) is 14.7. The molecule has 0 aliphatic heterocycles. The summed E-state index contributed by atoms with van der Waals surface area (Å²) in [5.74, 6) is 1.08. The van der Waals surface area contributed by atoms with Crippen LogP contribution in [-0.2, 0) is 9.59 Å². The first kappa shape index (κ1) is 16.3. The maximum atomic E-state index is 15.4. The molecule has 0 saturated heterocycles. The van der Waals surface area contributed by atoms with Crippen LogP contribution in [0.25, 0.3) is 0 Å². The molecule has 0 spiro atoms. The highest BCUT2D eigenvalue weighted by Gasteiger charge is 2.64. The third-order valence-corrected chi connectivity index (χ3v) is 8.16. The molecular formula is C21H27FO2. The van der Waals surface area contributed by atoms with Crippen LogP contribution in [0.3, 0.4) is 0 Å². The van der Waals surface area contributed by atoms with Gasteiger partial charge < -0.3 is 0 Å². The Morgan fingerprint density at radius 2 is 1.96 bits per heavy atom. The zero-order chi connectivity index (χ0) is 17.3. The fourth-order valence-electron chi connectivity index (χ4n) is 6.93. The van der Waals surface area contributed by atoms with E-state index in [1.807, 2.05) is 6.92 Å². The Hall–Kier alpha value is -1.21. The van der Waals surface area contributed by atoms with Crippen LogP contribution in [0, 0.1) is 34.5 Å². The molecular weight excluding hydrogens is 303 g/mol. The summed E-state index contributed by atoms with van der Waals surface area (Å²) < 4.78 is 15.4. The van der Waals surface area contributed by atoms with Gasteiger partial charge in [-0.05, 0) is 60.3 Å². The predicted molar refractivity (Wildman–Crippen MR) is 90.1 cm³/mol. The second kappa shape index (κ2) is 5.14. The third kappa shape index (κ3) is 1.94. The first-order valence-electron chi connectivity index (χ1n) is 9.39. The molecule has 0 amide bonds. The van der Waals surface area contributed by atoms with Crippen LogP contribution in [0.1, 0.15) is 58.8 Å². The van der Waals surface area contributed by atoms with Crippen molar-refractivity contribution in [3.63, 3.8) is 0 Å². The van der Waals surface area contributed by atoms with E-state index < -0.39 is 11.6 Å². The number of halogens is 1. The minimum Gasteiger partial charge on any atom is -0.300 e. The average molecular weight is 330 g/mol. The van der Waals surface area contributed by atoms with Crippen molar-refractivity contribution in [3.8, 4) is 0 Å². The summed E-state index contributed by atoms with van der Waals surface area (Å²) in [6.45, 7) is 8.05. The van der Waals surface area contributed by atoms with Gasteiger partial charge in [-0.15, -0.1) is 5.73 Å². The minimum atomic E-state index is -0.939. The molecule has 4 fully saturated rings. The number of fused-ring (bicyclic) bond motifs is 5. The summed E-state index contributed by atoms with van der Waals surface area (Å²) in [6, 6.07) is 0. The van der Waals surface area contributed by atoms with Crippen molar-refractivity contribution in [1.29, 1.82) is 0 Å². The van der Waals surface area contributed by atoms with Crippen molar-refractivity contribution < 1.29 is 14.0 Å². The number of carbonyl (C=O) groups is 2. The Morgan fingerprint density at radius 1 is 1.21 bits per heavy atom. The summed E-state index contributed by atoms with van der Waals surface area (Å²) in [6.07, 6.45) is 3.55. The van der Waals surface area contributed by atoms with Gasteiger partial charge in [0.15, 0.2) is 0 Å². The zero-order valence-electron chi connectivity index (χ0n) is 14.7. The van der Waals surface area contributed by atoms with Gasteiger partial charge in [0.1, 0.15) is 17.7 Å². The number of alkyl halides is 1. The highest BCUT2D eigenvalue weighted by Crippen LogP contribution is 2.66. The molecule has 4 saturated carbocycles. The van der Waals surface area contributed by atoms with E-state index in [0.29, 0.717) is 25.7 Å². The predicted octanol–water partition coefficient (Wildman–Crippen LogP) is 4.44. The largest absolute Gasteiger partial charge is 0.300 e. The molecule has 0 radical (unpaired) electrons. The van der Waals surface area contributed by atoms with E-state index in [1.165, 1.54) is 0 Å². The molecule has 130 valence electrons. The Balaban J connectivity index is 1.80. The van der Waals surface area contributed by atoms with E-state index in [4.69, 9.17) is 0 Å². The van der Waals surface area contributed by atoms with E-state index in [2.05, 4.69) is 19.2 Å². The van der Waals surface area contributed by atoms with Crippen molar-refractivity contribution in [2.75, 3.05) is 0 Å². The summed E-state index contributed by atoms with van der Waals surface area (Å²) in [5.41, 5.74) is 3.54. The van der Waals surface area contributed by atoms with E-state index in [0.717, 1.165) is 24.8 Å². The van der Waals surface area contributed by atoms with Crippen LogP contribution in [-0.4, -0.2) is 17.7 Å². The Bertz CT molecular complexity index is 661. The summed E-state index contributed by atoms with van der Waals surface area (Å²) in [5, 5.41) is 0. The molecule has 0 bridgehead atoms. The maximum absolute atomic E-state index is 15.4. The van der Waals surface area contributed by atoms with Gasteiger partial charge in [0.2, 0.25) is 0 Å². The molecule has 4 aliphatic rings. The maximum Gasteiger partial charge on any atom is 0.139 e. The van der Waals surface area contributed by atoms with Crippen LogP contribution in [0.5, 0.6) is 0 Å². The molecule has 7 unspecified atom stereocenters. The van der Waals surface area contributed by atoms with Gasteiger partial charge in [-0.2, -0.15) is 0 Å². The van der Waals surface area contributed by atoms with Gasteiger partial charge in [-0.25, -0.2) is 4.39 Å². The number of Topliss-reactive ketones (excluding diaryl/α,β-unsaturated/α-hetero) is 2. The second-order valence-corrected chi connectivity index (χ2v) is 9.10. The topological polar surface area (TPSA) is 34.1 Å². The molecule has 3 heteroatoms. The molecule has 2 nitrogen and oxygen atoms in total. The van der Waals surface area contributed by atoms with Crippen LogP contribution in [0.4, 0.5) is 4.39 Å². The Kier molecular flexibility index (Phi) is 3.49. The van der Waals surface area contributed by atoms with Crippen molar-refractivity contribution in [1.82, 2.24) is 0 Å². The van der Waals surface area contributed by atoms with E-state index in [9.17, 15) is 9.59 Å². The van der Waals surface area contributed by atoms with Crippen molar-refractivity contribution >= 4 is 11.6 Å². The lowest BCUT2D eigenvalue weighted by Crippen LogP contribution is -2.58. The quantitative estimate of drug-likeness (QED) is 0.616. The fraction of sp³-hybridized carbons (Fsp3) is 0.762. The smallest absolute Gasteiger partial charge is 0.139 e. The van der Waals surface area contributed by atoms with Crippen LogP contribution in [0.2, 0.25) is 0 Å². The van der Waals surface area contributed by atoms with Crippen LogP contribution >= 0.6 is 0 Å². The molecule has 0 aromatic heterocycles. The molecule has 0 heterocycles. The monoisotopic (exact) mass is 330 g/mol. The molecule has 4 aliphatic carbocycles. The lowest BCUT2D eigenvalue weighted by molar-refractivity contribution is -0.150. The lowest BCUT2D eigenvalue weighted by Gasteiger charge is -2.60. The number of hydrogen-bond donors (Lipinski definition) is 0. The fourth-order valence-corrected chi connectivity index (χ4v) is 6.93. The van der Waals surface area contributed by atoms with E-state index in [1.54, 1.807) is 0 Å². The molecule has 24 heavy (non-hydrogen) atoms. The van der Waals surface area contributed by atoms with E-state index in [-0.39, 0.29) is 40.7 Å². The molecule has 0 aromatic carbocycles. The highest BCUT2D eigenvalue weighted by molar-refractivity contribution is 5.87. The Labute approximate surface area is 143 Å². The normalized spacial score (nSPS) is 50.8. The molecule has 7 atom stereocenters. The minimum absolute atomic E-state index is 0.0309. The third-order valence-electron chi connectivity index (χ3n) is 8.16. The average Bonchev–Trinajstić information content (AvgIpc) is 2.82. The van der Waals surface area contributed by atoms with Crippen molar-refractivity contribution in [2.45, 2.75) is 65.0 Å². The number of ketones is 2. The number of hydrogen-bond acceptors (Lipinski definition) is 2. The van der Waals surface area contributed by atoms with Gasteiger partial charge >= 0.3 is 0 Å².